The van der Waals surface area contributed by atoms with E-state index in [-0.39, 0.29) is 0 Å². The zero-order valence-electron chi connectivity index (χ0n) is 14.9. The van der Waals surface area contributed by atoms with Gasteiger partial charge in [-0.2, -0.15) is 0 Å². The van der Waals surface area contributed by atoms with Crippen molar-refractivity contribution in [3.8, 4) is 0 Å². The average Bonchev–Trinajstić information content (AvgIpc) is 2.55. The van der Waals surface area contributed by atoms with Gasteiger partial charge in [0.15, 0.2) is 0 Å². The molecule has 0 radical (unpaired) electrons. The van der Waals surface area contributed by atoms with Crippen molar-refractivity contribution in [2.24, 2.45) is 0 Å². The molecule has 23 heavy (non-hydrogen) atoms. The maximum Gasteiger partial charge on any atom is 0.0766 e. The summed E-state index contributed by atoms with van der Waals surface area (Å²) in [5.41, 5.74) is 14.0. The van der Waals surface area contributed by atoms with Crippen molar-refractivity contribution in [1.82, 2.24) is 4.98 Å². The van der Waals surface area contributed by atoms with Gasteiger partial charge in [0, 0.05) is 19.4 Å². The number of anilines is 2. The molecule has 0 aliphatic rings. The lowest BCUT2D eigenvalue weighted by Crippen LogP contribution is -2.02. The highest BCUT2D eigenvalue weighted by Crippen LogP contribution is 2.19. The van der Waals surface area contributed by atoms with E-state index in [0.717, 1.165) is 31.7 Å². The van der Waals surface area contributed by atoms with Crippen LogP contribution < -0.4 is 11.5 Å². The van der Waals surface area contributed by atoms with Gasteiger partial charge in [0.1, 0.15) is 0 Å². The summed E-state index contributed by atoms with van der Waals surface area (Å²) in [5.74, 6) is 0. The lowest BCUT2D eigenvalue weighted by molar-refractivity contribution is 0.127. The van der Waals surface area contributed by atoms with Crippen molar-refractivity contribution < 1.29 is 4.74 Å². The van der Waals surface area contributed by atoms with Gasteiger partial charge in [-0.05, 0) is 31.7 Å². The molecule has 1 aromatic rings. The third-order valence-electron chi connectivity index (χ3n) is 4.20. The fourth-order valence-electron chi connectivity index (χ4n) is 2.64. The summed E-state index contributed by atoms with van der Waals surface area (Å²) in [4.78, 5) is 4.32. The Morgan fingerprint density at radius 2 is 1.48 bits per heavy atom. The van der Waals surface area contributed by atoms with Gasteiger partial charge in [-0.25, -0.2) is 0 Å². The molecule has 0 saturated carbocycles. The minimum atomic E-state index is 0.647. The number of unbranched alkanes of at least 4 members (excludes halogenated alkanes) is 8. The van der Waals surface area contributed by atoms with E-state index in [1.54, 1.807) is 12.3 Å². The van der Waals surface area contributed by atoms with Crippen LogP contribution in [-0.4, -0.2) is 18.2 Å². The second-order valence-corrected chi connectivity index (χ2v) is 6.30. The average molecular weight is 322 g/mol. The molecule has 1 rings (SSSR count). The maximum atomic E-state index is 5.93. The number of aryl methyl sites for hydroxylation is 1. The van der Waals surface area contributed by atoms with Crippen molar-refractivity contribution >= 4 is 11.4 Å². The second kappa shape index (κ2) is 13.2. The van der Waals surface area contributed by atoms with Crippen LogP contribution in [0.25, 0.3) is 0 Å². The highest BCUT2D eigenvalue weighted by atomic mass is 16.5. The molecule has 1 heterocycles. The van der Waals surface area contributed by atoms with Crippen molar-refractivity contribution in [3.05, 3.63) is 18.0 Å². The van der Waals surface area contributed by atoms with Crippen molar-refractivity contribution in [1.29, 1.82) is 0 Å². The number of nitrogen functional groups attached to an aromatic ring is 2. The van der Waals surface area contributed by atoms with Gasteiger partial charge in [0.2, 0.25) is 0 Å². The normalized spacial score (nSPS) is 11.0. The third kappa shape index (κ3) is 9.44. The minimum absolute atomic E-state index is 0.647. The molecule has 0 aliphatic carbocycles. The number of hydrogen-bond acceptors (Lipinski definition) is 4. The van der Waals surface area contributed by atoms with Gasteiger partial charge in [-0.15, -0.1) is 0 Å². The smallest absolute Gasteiger partial charge is 0.0766 e. The first-order valence-electron chi connectivity index (χ1n) is 9.32. The highest BCUT2D eigenvalue weighted by Gasteiger charge is 2.03. The number of nitrogens with zero attached hydrogens (tertiary/aromatic N) is 1. The molecule has 0 unspecified atom stereocenters. The van der Waals surface area contributed by atoms with Gasteiger partial charge < -0.3 is 16.2 Å². The Morgan fingerprint density at radius 1 is 0.870 bits per heavy atom. The summed E-state index contributed by atoms with van der Waals surface area (Å²) in [7, 11) is 0. The van der Waals surface area contributed by atoms with E-state index >= 15 is 0 Å². The van der Waals surface area contributed by atoms with Crippen molar-refractivity contribution in [2.45, 2.75) is 77.6 Å². The maximum absolute atomic E-state index is 5.93. The molecule has 0 aromatic carbocycles. The standard InChI is InChI=1S/C19H35N3O/c1-2-3-15-23-16-11-9-7-5-4-6-8-10-12-18-19(21)17(20)13-14-22-18/h13-14H,2-12,15-16,21H2,1H3,(H2,20,22). The first-order valence-corrected chi connectivity index (χ1v) is 9.32. The van der Waals surface area contributed by atoms with Gasteiger partial charge in [0.05, 0.1) is 17.1 Å². The predicted molar refractivity (Wildman–Crippen MR) is 99.4 cm³/mol. The summed E-state index contributed by atoms with van der Waals surface area (Å²) < 4.78 is 5.57. The second-order valence-electron chi connectivity index (χ2n) is 6.30. The van der Waals surface area contributed by atoms with E-state index in [1.165, 1.54) is 57.8 Å². The summed E-state index contributed by atoms with van der Waals surface area (Å²) in [6.07, 6.45) is 15.3. The van der Waals surface area contributed by atoms with Crippen LogP contribution in [0.4, 0.5) is 11.4 Å². The Labute approximate surface area is 142 Å². The fraction of sp³-hybridized carbons (Fsp3) is 0.737. The van der Waals surface area contributed by atoms with Gasteiger partial charge in [-0.1, -0.05) is 51.9 Å². The summed E-state index contributed by atoms with van der Waals surface area (Å²) in [6, 6.07) is 1.76. The number of hydrogen-bond donors (Lipinski definition) is 2. The van der Waals surface area contributed by atoms with Crippen molar-refractivity contribution in [3.63, 3.8) is 0 Å². The molecule has 132 valence electrons. The predicted octanol–water partition coefficient (Wildman–Crippen LogP) is 4.73. The molecule has 4 nitrogen and oxygen atoms in total. The molecular weight excluding hydrogens is 286 g/mol. The largest absolute Gasteiger partial charge is 0.397 e. The lowest BCUT2D eigenvalue weighted by atomic mass is 10.1. The van der Waals surface area contributed by atoms with E-state index in [2.05, 4.69) is 11.9 Å². The molecule has 0 saturated heterocycles. The van der Waals surface area contributed by atoms with Crippen LogP contribution in [0.5, 0.6) is 0 Å². The number of nitrogens with two attached hydrogens (primary N) is 2. The molecule has 0 aliphatic heterocycles. The van der Waals surface area contributed by atoms with Gasteiger partial charge in [-0.3, -0.25) is 4.98 Å². The van der Waals surface area contributed by atoms with Gasteiger partial charge in [0.25, 0.3) is 0 Å². The number of pyridine rings is 1. The molecule has 1 aromatic heterocycles. The Kier molecular flexibility index (Phi) is 11.3. The molecule has 4 heteroatoms. The van der Waals surface area contributed by atoms with Crippen LogP contribution in [-0.2, 0) is 11.2 Å². The Bertz CT molecular complexity index is 410. The topological polar surface area (TPSA) is 74.2 Å². The molecule has 0 amide bonds. The molecular formula is C19H35N3O. The van der Waals surface area contributed by atoms with Gasteiger partial charge >= 0.3 is 0 Å². The Morgan fingerprint density at radius 3 is 2.17 bits per heavy atom. The number of rotatable bonds is 14. The SMILES string of the molecule is CCCCOCCCCCCCCCCc1nccc(N)c1N. The first-order chi connectivity index (χ1) is 11.3. The van der Waals surface area contributed by atoms with Crippen LogP contribution in [0.15, 0.2) is 12.3 Å². The highest BCUT2D eigenvalue weighted by molar-refractivity contribution is 5.64. The molecule has 0 fully saturated rings. The molecule has 0 bridgehead atoms. The Hall–Kier alpha value is -1.29. The zero-order valence-corrected chi connectivity index (χ0v) is 14.9. The van der Waals surface area contributed by atoms with E-state index in [9.17, 15) is 0 Å². The number of aromatic nitrogens is 1. The minimum Gasteiger partial charge on any atom is -0.397 e. The number of ether oxygens (including phenoxy) is 1. The van der Waals surface area contributed by atoms with E-state index in [0.29, 0.717) is 11.4 Å². The molecule has 0 atom stereocenters. The van der Waals surface area contributed by atoms with Crippen LogP contribution in [0.1, 0.15) is 76.8 Å². The lowest BCUT2D eigenvalue weighted by Gasteiger charge is -2.07. The fourth-order valence-corrected chi connectivity index (χ4v) is 2.64. The van der Waals surface area contributed by atoms with Crippen LogP contribution >= 0.6 is 0 Å². The van der Waals surface area contributed by atoms with E-state index in [4.69, 9.17) is 16.2 Å². The van der Waals surface area contributed by atoms with Crippen LogP contribution in [0.3, 0.4) is 0 Å². The monoisotopic (exact) mass is 321 g/mol. The van der Waals surface area contributed by atoms with E-state index < -0.39 is 0 Å². The summed E-state index contributed by atoms with van der Waals surface area (Å²) >= 11 is 0. The van der Waals surface area contributed by atoms with Crippen LogP contribution in [0.2, 0.25) is 0 Å². The zero-order chi connectivity index (χ0) is 16.8. The first kappa shape index (κ1) is 19.8. The Balaban J connectivity index is 1.87. The van der Waals surface area contributed by atoms with Crippen LogP contribution in [0, 0.1) is 0 Å². The molecule has 0 spiro atoms. The summed E-state index contributed by atoms with van der Waals surface area (Å²) in [5, 5.41) is 0. The van der Waals surface area contributed by atoms with E-state index in [1.807, 2.05) is 0 Å². The summed E-state index contributed by atoms with van der Waals surface area (Å²) in [6.45, 7) is 4.07. The quantitative estimate of drug-likeness (QED) is 0.486. The third-order valence-corrected chi connectivity index (χ3v) is 4.20. The molecule has 4 N–H and O–H groups in total. The van der Waals surface area contributed by atoms with Crippen molar-refractivity contribution in [2.75, 3.05) is 24.7 Å².